The predicted molar refractivity (Wildman–Crippen MR) is 298 cm³/mol. The van der Waals surface area contributed by atoms with E-state index in [-0.39, 0.29) is 0 Å². The van der Waals surface area contributed by atoms with Crippen LogP contribution in [-0.4, -0.2) is 24.1 Å². The molecule has 5 heteroatoms. The molecule has 0 unspecified atom stereocenters. The first-order chi connectivity index (χ1) is 35.7. The van der Waals surface area contributed by atoms with Crippen LogP contribution < -0.4 is 0 Å². The normalized spacial score (nSPS) is 11.9. The Balaban J connectivity index is 0.907. The molecule has 0 spiro atoms. The van der Waals surface area contributed by atoms with Gasteiger partial charge >= 0.3 is 0 Å². The molecule has 15 rings (SSSR count). The molecule has 72 heavy (non-hydrogen) atoms. The smallest absolute Gasteiger partial charge is 0.164 e. The second-order valence-electron chi connectivity index (χ2n) is 18.7. The third-order valence-electron chi connectivity index (χ3n) is 14.7. The average molecular weight is 916 g/mol. The van der Waals surface area contributed by atoms with Gasteiger partial charge in [-0.05, 0) is 128 Å². The van der Waals surface area contributed by atoms with Crippen molar-refractivity contribution in [3.63, 3.8) is 0 Å². The van der Waals surface area contributed by atoms with E-state index < -0.39 is 0 Å². The third-order valence-corrected chi connectivity index (χ3v) is 14.7. The maximum Gasteiger partial charge on any atom is 0.164 e. The third kappa shape index (κ3) is 6.24. The van der Waals surface area contributed by atoms with Gasteiger partial charge in [0, 0.05) is 49.6 Å². The maximum absolute atomic E-state index is 5.05. The zero-order valence-electron chi connectivity index (χ0n) is 38.9. The van der Waals surface area contributed by atoms with Crippen LogP contribution in [0.1, 0.15) is 0 Å². The molecule has 1 aliphatic carbocycles. The zero-order valence-corrected chi connectivity index (χ0v) is 38.9. The number of hydrogen-bond acceptors (Lipinski definition) is 3. The van der Waals surface area contributed by atoms with Gasteiger partial charge in [-0.1, -0.05) is 176 Å². The molecule has 334 valence electrons. The van der Waals surface area contributed by atoms with Gasteiger partial charge in [-0.25, -0.2) is 15.0 Å². The van der Waals surface area contributed by atoms with Gasteiger partial charge in [0.15, 0.2) is 17.5 Å². The lowest BCUT2D eigenvalue weighted by molar-refractivity contribution is 1.07. The second kappa shape index (κ2) is 15.9. The minimum absolute atomic E-state index is 0.630. The van der Waals surface area contributed by atoms with E-state index in [1.165, 1.54) is 93.4 Å². The lowest BCUT2D eigenvalue weighted by atomic mass is 9.96. The fourth-order valence-corrected chi connectivity index (χ4v) is 11.4. The Morgan fingerprint density at radius 2 is 0.681 bits per heavy atom. The van der Waals surface area contributed by atoms with E-state index in [1.807, 2.05) is 60.7 Å². The topological polar surface area (TPSA) is 48.5 Å². The molecule has 11 aromatic carbocycles. The fraction of sp³-hybridized carbons (Fsp3) is 0. The molecule has 14 aromatic rings. The Morgan fingerprint density at radius 3 is 1.36 bits per heavy atom. The Kier molecular flexibility index (Phi) is 8.89. The second-order valence-corrected chi connectivity index (χ2v) is 18.7. The lowest BCUT2D eigenvalue weighted by Crippen LogP contribution is -2.00. The molecule has 1 aliphatic rings. The Morgan fingerprint density at radius 1 is 0.222 bits per heavy atom. The van der Waals surface area contributed by atoms with E-state index in [0.717, 1.165) is 33.6 Å². The molecule has 3 aromatic heterocycles. The van der Waals surface area contributed by atoms with Crippen molar-refractivity contribution in [3.8, 4) is 90.0 Å². The summed E-state index contributed by atoms with van der Waals surface area (Å²) in [5.74, 6) is 1.92. The van der Waals surface area contributed by atoms with E-state index in [4.69, 9.17) is 15.0 Å². The number of fused-ring (bicyclic) bond motifs is 10. The molecule has 0 amide bonds. The summed E-state index contributed by atoms with van der Waals surface area (Å²) in [7, 11) is 0. The quantitative estimate of drug-likeness (QED) is 0.160. The molecule has 0 atom stereocenters. The van der Waals surface area contributed by atoms with Crippen molar-refractivity contribution >= 4 is 54.4 Å². The SMILES string of the molecule is c1ccc(-c2cccc(-n3c4ccccc4c4cc(-c5ccc6c(c5)c5c7cccc8c7c(cc5n6-c5ccc(-c6nc(-c7ccccc7)nc(-c7ccccc7)n6)cc5)-c5ccccc5-8)ccc43)c2)cc1. The Labute approximate surface area is 415 Å². The number of benzene rings is 11. The molecular weight excluding hydrogens is 875 g/mol. The Hall–Kier alpha value is -9.71. The molecule has 0 fully saturated rings. The summed E-state index contributed by atoms with van der Waals surface area (Å²) in [4.78, 5) is 15.0. The van der Waals surface area contributed by atoms with Crippen LogP contribution in [0.4, 0.5) is 0 Å². The number of rotatable bonds is 7. The first-order valence-electron chi connectivity index (χ1n) is 24.5. The summed E-state index contributed by atoms with van der Waals surface area (Å²) >= 11 is 0. The number of aromatic nitrogens is 5. The van der Waals surface area contributed by atoms with Crippen LogP contribution in [-0.2, 0) is 0 Å². The van der Waals surface area contributed by atoms with E-state index in [9.17, 15) is 0 Å². The first-order valence-corrected chi connectivity index (χ1v) is 24.5. The Bertz CT molecular complexity index is 4420. The highest BCUT2D eigenvalue weighted by molar-refractivity contribution is 6.29. The monoisotopic (exact) mass is 915 g/mol. The lowest BCUT2D eigenvalue weighted by Gasteiger charge is -2.12. The van der Waals surface area contributed by atoms with Gasteiger partial charge < -0.3 is 9.13 Å². The van der Waals surface area contributed by atoms with Crippen molar-refractivity contribution in [1.82, 2.24) is 24.1 Å². The molecule has 0 saturated heterocycles. The van der Waals surface area contributed by atoms with Crippen LogP contribution in [0.2, 0.25) is 0 Å². The van der Waals surface area contributed by atoms with Crippen LogP contribution in [0, 0.1) is 0 Å². The average Bonchev–Trinajstić information content (AvgIpc) is 4.09. The van der Waals surface area contributed by atoms with Crippen molar-refractivity contribution in [2.45, 2.75) is 0 Å². The van der Waals surface area contributed by atoms with Gasteiger partial charge in [0.05, 0.1) is 22.1 Å². The van der Waals surface area contributed by atoms with Gasteiger partial charge in [0.2, 0.25) is 0 Å². The predicted octanol–water partition coefficient (Wildman–Crippen LogP) is 17.2. The van der Waals surface area contributed by atoms with Gasteiger partial charge in [0.25, 0.3) is 0 Å². The summed E-state index contributed by atoms with van der Waals surface area (Å²) in [6, 6.07) is 89.5. The highest BCUT2D eigenvalue weighted by Crippen LogP contribution is 2.51. The molecule has 0 saturated carbocycles. The van der Waals surface area contributed by atoms with Gasteiger partial charge in [0.1, 0.15) is 0 Å². The standard InChI is InChI=1S/C67H41N5/c1-4-16-42(17-5-1)46-22-14-23-50(38-46)72-59-29-13-12-26-53(59)56-39-47(32-36-60(56)72)48-33-37-61-58(40-48)64-55-28-15-27-54-51-24-10-11-25-52(51)57(63(54)55)41-62(64)71(61)49-34-30-45(31-35-49)67-69-65(43-18-6-2-7-19-43)68-66(70-67)44-20-8-3-9-21-44/h1-41H. The highest BCUT2D eigenvalue weighted by Gasteiger charge is 2.26. The van der Waals surface area contributed by atoms with Crippen LogP contribution in [0.3, 0.4) is 0 Å². The van der Waals surface area contributed by atoms with E-state index >= 15 is 0 Å². The van der Waals surface area contributed by atoms with Crippen molar-refractivity contribution < 1.29 is 0 Å². The minimum Gasteiger partial charge on any atom is -0.309 e. The van der Waals surface area contributed by atoms with Crippen LogP contribution in [0.15, 0.2) is 249 Å². The molecule has 0 aliphatic heterocycles. The number of hydrogen-bond donors (Lipinski definition) is 0. The van der Waals surface area contributed by atoms with Crippen molar-refractivity contribution in [3.05, 3.63) is 249 Å². The van der Waals surface area contributed by atoms with Crippen LogP contribution in [0.5, 0.6) is 0 Å². The van der Waals surface area contributed by atoms with Crippen LogP contribution in [0.25, 0.3) is 144 Å². The molecule has 5 nitrogen and oxygen atoms in total. The van der Waals surface area contributed by atoms with E-state index in [0.29, 0.717) is 17.5 Å². The highest BCUT2D eigenvalue weighted by atomic mass is 15.0. The fourth-order valence-electron chi connectivity index (χ4n) is 11.4. The summed E-state index contributed by atoms with van der Waals surface area (Å²) < 4.78 is 4.86. The van der Waals surface area contributed by atoms with Gasteiger partial charge in [-0.2, -0.15) is 0 Å². The first kappa shape index (κ1) is 40.2. The van der Waals surface area contributed by atoms with Crippen LogP contribution >= 0.6 is 0 Å². The molecule has 0 radical (unpaired) electrons. The van der Waals surface area contributed by atoms with Crippen molar-refractivity contribution in [1.29, 1.82) is 0 Å². The van der Waals surface area contributed by atoms with Gasteiger partial charge in [-0.15, -0.1) is 0 Å². The molecular formula is C67H41N5. The van der Waals surface area contributed by atoms with E-state index in [1.54, 1.807) is 0 Å². The number of nitrogens with zero attached hydrogens (tertiary/aromatic N) is 5. The van der Waals surface area contributed by atoms with E-state index in [2.05, 4.69) is 197 Å². The summed E-state index contributed by atoms with van der Waals surface area (Å²) in [5.41, 5.74) is 19.6. The number of para-hydroxylation sites is 1. The van der Waals surface area contributed by atoms with Crippen molar-refractivity contribution in [2.75, 3.05) is 0 Å². The largest absolute Gasteiger partial charge is 0.309 e. The molecule has 0 N–H and O–H groups in total. The molecule has 0 bridgehead atoms. The summed E-state index contributed by atoms with van der Waals surface area (Å²) in [6.07, 6.45) is 0. The minimum atomic E-state index is 0.630. The maximum atomic E-state index is 5.05. The summed E-state index contributed by atoms with van der Waals surface area (Å²) in [5, 5.41) is 7.49. The van der Waals surface area contributed by atoms with Crippen molar-refractivity contribution in [2.24, 2.45) is 0 Å². The molecule has 3 heterocycles. The summed E-state index contributed by atoms with van der Waals surface area (Å²) in [6.45, 7) is 0. The van der Waals surface area contributed by atoms with Gasteiger partial charge in [-0.3, -0.25) is 0 Å². The zero-order chi connectivity index (χ0) is 47.3.